The first-order chi connectivity index (χ1) is 7.83. The Kier molecular flexibility index (Phi) is 5.41. The summed E-state index contributed by atoms with van der Waals surface area (Å²) in [7, 11) is -2.97. The summed E-state index contributed by atoms with van der Waals surface area (Å²) in [6, 6.07) is 0. The second-order valence-corrected chi connectivity index (χ2v) is 8.59. The van der Waals surface area contributed by atoms with E-state index in [4.69, 9.17) is 0 Å². The van der Waals surface area contributed by atoms with Gasteiger partial charge >= 0.3 is 0 Å². The molecule has 17 heavy (non-hydrogen) atoms. The van der Waals surface area contributed by atoms with E-state index in [1.807, 2.05) is 0 Å². The lowest BCUT2D eigenvalue weighted by Gasteiger charge is -2.19. The molecule has 0 aromatic carbocycles. The summed E-state index contributed by atoms with van der Waals surface area (Å²) >= 11 is 0. The molecule has 0 aromatic heterocycles. The largest absolute Gasteiger partial charge is 0.314 e. The highest BCUT2D eigenvalue weighted by atomic mass is 32.2. The maximum Gasteiger partial charge on any atom is 0.156 e. The third-order valence-electron chi connectivity index (χ3n) is 3.28. The molecule has 0 aromatic rings. The molecular formula is C12H26N2O2S. The number of nitrogens with one attached hydrogen (secondary N) is 1. The van der Waals surface area contributed by atoms with Crippen molar-refractivity contribution in [1.82, 2.24) is 10.2 Å². The van der Waals surface area contributed by atoms with Crippen molar-refractivity contribution < 1.29 is 8.42 Å². The average Bonchev–Trinajstić information content (AvgIpc) is 2.68. The number of likely N-dealkylation sites (tertiary alicyclic amines) is 1. The van der Waals surface area contributed by atoms with Gasteiger partial charge in [-0.2, -0.15) is 0 Å². The first-order valence-electron chi connectivity index (χ1n) is 6.48. The van der Waals surface area contributed by atoms with Crippen molar-refractivity contribution in [1.29, 1.82) is 0 Å². The number of sulfone groups is 1. The van der Waals surface area contributed by atoms with Crippen molar-refractivity contribution in [2.45, 2.75) is 38.4 Å². The monoisotopic (exact) mass is 262 g/mol. The fraction of sp³-hybridized carbons (Fsp3) is 1.00. The van der Waals surface area contributed by atoms with E-state index in [0.717, 1.165) is 13.1 Å². The predicted octanol–water partition coefficient (Wildman–Crippen LogP) is 0.885. The lowest BCUT2D eigenvalue weighted by Crippen LogP contribution is -2.37. The second kappa shape index (κ2) is 6.16. The van der Waals surface area contributed by atoms with E-state index in [-0.39, 0.29) is 5.75 Å². The van der Waals surface area contributed by atoms with E-state index in [1.165, 1.54) is 25.9 Å². The fourth-order valence-electron chi connectivity index (χ4n) is 1.88. The summed E-state index contributed by atoms with van der Waals surface area (Å²) in [6.45, 7) is 10.2. The van der Waals surface area contributed by atoms with Crippen LogP contribution in [0.15, 0.2) is 0 Å². The Bertz CT molecular complexity index is 314. The molecule has 0 spiro atoms. The van der Waals surface area contributed by atoms with Crippen LogP contribution in [0.2, 0.25) is 0 Å². The van der Waals surface area contributed by atoms with Gasteiger partial charge in [0.05, 0.1) is 10.5 Å². The van der Waals surface area contributed by atoms with Crippen molar-refractivity contribution in [2.75, 3.05) is 38.5 Å². The molecular weight excluding hydrogens is 236 g/mol. The van der Waals surface area contributed by atoms with Gasteiger partial charge in [-0.15, -0.1) is 0 Å². The second-order valence-electron chi connectivity index (χ2n) is 5.73. The number of hydrogen-bond acceptors (Lipinski definition) is 4. The lowest BCUT2D eigenvalue weighted by atomic mass is 10.3. The highest BCUT2D eigenvalue weighted by Gasteiger charge is 2.27. The van der Waals surface area contributed by atoms with Crippen molar-refractivity contribution in [2.24, 2.45) is 0 Å². The van der Waals surface area contributed by atoms with Crippen LogP contribution < -0.4 is 5.32 Å². The molecule has 0 unspecified atom stereocenters. The number of rotatable bonds is 6. The molecule has 5 heteroatoms. The molecule has 1 aliphatic rings. The van der Waals surface area contributed by atoms with E-state index in [0.29, 0.717) is 6.54 Å². The van der Waals surface area contributed by atoms with E-state index < -0.39 is 14.6 Å². The van der Waals surface area contributed by atoms with Gasteiger partial charge in [-0.1, -0.05) is 0 Å². The van der Waals surface area contributed by atoms with Gasteiger partial charge in [-0.25, -0.2) is 8.42 Å². The van der Waals surface area contributed by atoms with Crippen molar-refractivity contribution >= 4 is 9.84 Å². The van der Waals surface area contributed by atoms with Gasteiger partial charge < -0.3 is 10.2 Å². The van der Waals surface area contributed by atoms with Gasteiger partial charge in [0.25, 0.3) is 0 Å². The minimum atomic E-state index is -2.97. The first kappa shape index (κ1) is 14.9. The van der Waals surface area contributed by atoms with Crippen molar-refractivity contribution in [3.05, 3.63) is 0 Å². The SMILES string of the molecule is CC(C)(C)S(=O)(=O)CCNCCN1CCCC1. The van der Waals surface area contributed by atoms with Gasteiger partial charge in [0.2, 0.25) is 0 Å². The zero-order chi connectivity index (χ0) is 12.9. The van der Waals surface area contributed by atoms with Crippen LogP contribution in [-0.4, -0.2) is 56.5 Å². The number of nitrogens with zero attached hydrogens (tertiary/aromatic N) is 1. The van der Waals surface area contributed by atoms with Crippen LogP contribution in [0.25, 0.3) is 0 Å². The normalized spacial score (nSPS) is 18.8. The summed E-state index contributed by atoms with van der Waals surface area (Å²) < 4.78 is 23.0. The molecule has 0 aliphatic carbocycles. The fourth-order valence-corrected chi connectivity index (χ4v) is 2.91. The van der Waals surface area contributed by atoms with E-state index in [1.54, 1.807) is 20.8 Å². The molecule has 1 heterocycles. The highest BCUT2D eigenvalue weighted by Crippen LogP contribution is 2.15. The Labute approximate surface area is 106 Å². The smallest absolute Gasteiger partial charge is 0.156 e. The molecule has 1 N–H and O–H groups in total. The molecule has 0 atom stereocenters. The van der Waals surface area contributed by atoms with Crippen molar-refractivity contribution in [3.63, 3.8) is 0 Å². The summed E-state index contributed by atoms with van der Waals surface area (Å²) in [6.07, 6.45) is 2.61. The van der Waals surface area contributed by atoms with Gasteiger partial charge in [-0.05, 0) is 46.7 Å². The molecule has 0 amide bonds. The Morgan fingerprint density at radius 2 is 1.71 bits per heavy atom. The van der Waals surface area contributed by atoms with E-state index in [2.05, 4.69) is 10.2 Å². The van der Waals surface area contributed by atoms with Crippen LogP contribution in [0.3, 0.4) is 0 Å². The van der Waals surface area contributed by atoms with Crippen LogP contribution >= 0.6 is 0 Å². The summed E-state index contributed by atoms with van der Waals surface area (Å²) in [5, 5.41) is 3.22. The Morgan fingerprint density at radius 1 is 1.12 bits per heavy atom. The van der Waals surface area contributed by atoms with Crippen LogP contribution in [0.1, 0.15) is 33.6 Å². The molecule has 1 aliphatic heterocycles. The third kappa shape index (κ3) is 4.94. The van der Waals surface area contributed by atoms with Crippen LogP contribution in [0.4, 0.5) is 0 Å². The Morgan fingerprint density at radius 3 is 2.24 bits per heavy atom. The maximum atomic E-state index is 11.8. The Hall–Kier alpha value is -0.130. The van der Waals surface area contributed by atoms with Crippen molar-refractivity contribution in [3.8, 4) is 0 Å². The minimum Gasteiger partial charge on any atom is -0.314 e. The quantitative estimate of drug-likeness (QED) is 0.722. The molecule has 1 fully saturated rings. The first-order valence-corrected chi connectivity index (χ1v) is 8.13. The van der Waals surface area contributed by atoms with Gasteiger partial charge in [-0.3, -0.25) is 0 Å². The molecule has 102 valence electrons. The number of hydrogen-bond donors (Lipinski definition) is 1. The molecule has 4 nitrogen and oxygen atoms in total. The molecule has 1 rings (SSSR count). The lowest BCUT2D eigenvalue weighted by molar-refractivity contribution is 0.337. The third-order valence-corrected chi connectivity index (χ3v) is 5.89. The molecule has 0 bridgehead atoms. The van der Waals surface area contributed by atoms with Crippen LogP contribution in [-0.2, 0) is 9.84 Å². The standard InChI is InChI=1S/C12H26N2O2S/c1-12(2,3)17(15,16)11-7-13-6-10-14-8-4-5-9-14/h13H,4-11H2,1-3H3. The van der Waals surface area contributed by atoms with Gasteiger partial charge in [0.15, 0.2) is 9.84 Å². The molecule has 1 saturated heterocycles. The van der Waals surface area contributed by atoms with Crippen LogP contribution in [0, 0.1) is 0 Å². The highest BCUT2D eigenvalue weighted by molar-refractivity contribution is 7.92. The average molecular weight is 262 g/mol. The topological polar surface area (TPSA) is 49.4 Å². The summed E-state index contributed by atoms with van der Waals surface area (Å²) in [4.78, 5) is 2.42. The maximum absolute atomic E-state index is 11.8. The van der Waals surface area contributed by atoms with E-state index in [9.17, 15) is 8.42 Å². The zero-order valence-electron chi connectivity index (χ0n) is 11.3. The predicted molar refractivity (Wildman–Crippen MR) is 72.1 cm³/mol. The Balaban J connectivity index is 2.11. The van der Waals surface area contributed by atoms with Gasteiger partial charge in [0.1, 0.15) is 0 Å². The van der Waals surface area contributed by atoms with E-state index >= 15 is 0 Å². The molecule has 0 radical (unpaired) electrons. The van der Waals surface area contributed by atoms with Crippen LogP contribution in [0.5, 0.6) is 0 Å². The zero-order valence-corrected chi connectivity index (χ0v) is 12.1. The molecule has 0 saturated carbocycles. The van der Waals surface area contributed by atoms with Gasteiger partial charge in [0, 0.05) is 19.6 Å². The minimum absolute atomic E-state index is 0.233. The summed E-state index contributed by atoms with van der Waals surface area (Å²) in [5.41, 5.74) is 0. The summed E-state index contributed by atoms with van der Waals surface area (Å²) in [5.74, 6) is 0.233.